The van der Waals surface area contributed by atoms with Gasteiger partial charge in [-0.1, -0.05) is 60.7 Å². The Hall–Kier alpha value is -4.22. The summed E-state index contributed by atoms with van der Waals surface area (Å²) >= 11 is 0. The van der Waals surface area contributed by atoms with Crippen molar-refractivity contribution >= 4 is 32.1 Å². The maximum atomic E-state index is 13.1. The summed E-state index contributed by atoms with van der Waals surface area (Å²) in [5, 5.41) is 60.3. The second-order valence-corrected chi connectivity index (χ2v) is 22.8. The zero-order chi connectivity index (χ0) is 45.3. The van der Waals surface area contributed by atoms with E-state index in [1.165, 1.54) is 6.92 Å². The second kappa shape index (κ2) is 20.5. The molecule has 0 spiro atoms. The summed E-state index contributed by atoms with van der Waals surface area (Å²) in [4.78, 5) is 50.1. The first kappa shape index (κ1) is 48.8. The highest BCUT2D eigenvalue weighted by Crippen LogP contribution is 2.46. The number of carbonyl (C=O) groups excluding carboxylic acids is 4. The molecule has 10 atom stereocenters. The quantitative estimate of drug-likeness (QED) is 0.0717. The molecule has 15 heteroatoms. The van der Waals surface area contributed by atoms with E-state index >= 15 is 0 Å². The molecule has 2 aliphatic carbocycles. The van der Waals surface area contributed by atoms with Crippen molar-refractivity contribution in [3.63, 3.8) is 0 Å². The van der Waals surface area contributed by atoms with Gasteiger partial charge in [-0.05, 0) is 109 Å². The van der Waals surface area contributed by atoms with Crippen LogP contribution in [0.4, 0.5) is 0 Å². The number of allylic oxidation sites excluding steroid dienone is 2. The first-order valence-corrected chi connectivity index (χ1v) is 25.2. The third-order valence-corrected chi connectivity index (χ3v) is 14.1. The van der Waals surface area contributed by atoms with E-state index in [0.717, 1.165) is 32.1 Å². The number of aliphatic hydroxyl groups is 5. The SMILES string of the molecule is C[C@]1(O)[C@@H](CCOC(=O)c2ccccc2)C(=O)N[C@]1(CO)[C@H](O)[C@@H]1C=CCCC1.C[C@]1(O)[C@@H](CCOC(=O)c2ccccc2)C(=O)N[C@]1(CO)[C@H](O[Si](C)(C)C)[C@@H]1C=CCCC1. The van der Waals surface area contributed by atoms with Crippen molar-refractivity contribution < 1.29 is 58.6 Å². The van der Waals surface area contributed by atoms with E-state index in [1.807, 2.05) is 18.2 Å². The summed E-state index contributed by atoms with van der Waals surface area (Å²) in [7, 11) is -2.10. The van der Waals surface area contributed by atoms with Gasteiger partial charge in [0.2, 0.25) is 11.8 Å². The third-order valence-electron chi connectivity index (χ3n) is 13.1. The van der Waals surface area contributed by atoms with Gasteiger partial charge in [0.1, 0.15) is 22.3 Å². The second-order valence-electron chi connectivity index (χ2n) is 18.4. The summed E-state index contributed by atoms with van der Waals surface area (Å²) in [6.07, 6.45) is 11.9. The molecule has 0 saturated carbocycles. The van der Waals surface area contributed by atoms with Crippen LogP contribution in [0.15, 0.2) is 85.0 Å². The van der Waals surface area contributed by atoms with Crippen molar-refractivity contribution in [2.75, 3.05) is 26.4 Å². The van der Waals surface area contributed by atoms with E-state index in [2.05, 4.69) is 42.4 Å². The summed E-state index contributed by atoms with van der Waals surface area (Å²) < 4.78 is 17.2. The number of hydrogen-bond donors (Lipinski definition) is 7. The highest BCUT2D eigenvalue weighted by Gasteiger charge is 2.66. The lowest BCUT2D eigenvalue weighted by Gasteiger charge is -2.49. The number of ether oxygens (including phenoxy) is 2. The highest BCUT2D eigenvalue weighted by molar-refractivity contribution is 6.69. The molecule has 2 saturated heterocycles. The van der Waals surface area contributed by atoms with Crippen LogP contribution in [0.1, 0.15) is 85.9 Å². The van der Waals surface area contributed by atoms with Crippen LogP contribution >= 0.6 is 0 Å². The van der Waals surface area contributed by atoms with Crippen molar-refractivity contribution in [3.05, 3.63) is 96.1 Å². The predicted octanol–water partition coefficient (Wildman–Crippen LogP) is 4.22. The molecule has 2 fully saturated rings. The van der Waals surface area contributed by atoms with Crippen LogP contribution in [0.25, 0.3) is 0 Å². The van der Waals surface area contributed by atoms with E-state index in [0.29, 0.717) is 17.5 Å². The average Bonchev–Trinajstić information content (AvgIpc) is 3.59. The van der Waals surface area contributed by atoms with E-state index in [1.54, 1.807) is 61.5 Å². The Morgan fingerprint density at radius 1 is 0.710 bits per heavy atom. The van der Waals surface area contributed by atoms with Gasteiger partial charge < -0.3 is 50.1 Å². The van der Waals surface area contributed by atoms with E-state index in [9.17, 15) is 44.7 Å². The predicted molar refractivity (Wildman–Crippen MR) is 234 cm³/mol. The number of aliphatic hydroxyl groups excluding tert-OH is 3. The minimum absolute atomic E-state index is 0.0215. The monoisotopic (exact) mass is 878 g/mol. The molecule has 0 radical (unpaired) electrons. The fourth-order valence-corrected chi connectivity index (χ4v) is 10.6. The van der Waals surface area contributed by atoms with Crippen molar-refractivity contribution in [2.24, 2.45) is 23.7 Å². The van der Waals surface area contributed by atoms with Crippen molar-refractivity contribution in [2.45, 2.75) is 119 Å². The molecule has 340 valence electrons. The minimum atomic E-state index is -2.10. The Bertz CT molecular complexity index is 1900. The number of hydrogen-bond acceptors (Lipinski definition) is 12. The smallest absolute Gasteiger partial charge is 0.338 e. The van der Waals surface area contributed by atoms with Crippen molar-refractivity contribution in [1.29, 1.82) is 0 Å². The molecule has 2 heterocycles. The number of carbonyl (C=O) groups is 4. The van der Waals surface area contributed by atoms with Gasteiger partial charge in [0.05, 0.1) is 61.6 Å². The molecule has 14 nitrogen and oxygen atoms in total. The van der Waals surface area contributed by atoms with E-state index in [-0.39, 0.29) is 43.8 Å². The van der Waals surface area contributed by atoms with Crippen LogP contribution < -0.4 is 10.6 Å². The standard InChI is InChI=1S/C25H37NO6Si.C22H29NO6/c1-24(30)20(15-16-31-23(29)19-13-9-6-10-14-19)22(28)26-25(24,17-27)21(32-33(2,3)4)18-11-7-5-8-12-18;1-21(28)17(12-13-29-20(27)16-10-6-3-7-11-16)19(26)23-22(21,14-24)18(25)15-8-4-2-5-9-15/h6-7,9-11,13-14,18,20-21,27,30H,5,8,12,15-17H2,1-4H3,(H,26,28);3-4,6-8,10-11,15,17-18,24-25,28H,2,5,9,12-14H2,1H3,(H,23,26)/t18-,20+,21-,24+,25-;15-,17+,18-,21+,22-/m11/s1. The maximum Gasteiger partial charge on any atom is 0.338 e. The molecular formula is C47H66N2O12Si. The first-order valence-electron chi connectivity index (χ1n) is 21.8. The summed E-state index contributed by atoms with van der Waals surface area (Å²) in [6.45, 7) is 8.06. The lowest BCUT2D eigenvalue weighted by molar-refractivity contribution is -0.129. The van der Waals surface area contributed by atoms with Crippen LogP contribution in [0, 0.1) is 23.7 Å². The van der Waals surface area contributed by atoms with Gasteiger partial charge in [-0.25, -0.2) is 9.59 Å². The first-order chi connectivity index (χ1) is 29.3. The van der Waals surface area contributed by atoms with Crippen LogP contribution in [0.2, 0.25) is 19.6 Å². The number of benzene rings is 2. The van der Waals surface area contributed by atoms with E-state index in [4.69, 9.17) is 13.9 Å². The fraction of sp³-hybridized carbons (Fsp3) is 0.574. The average molecular weight is 879 g/mol. The van der Waals surface area contributed by atoms with Gasteiger partial charge in [0, 0.05) is 11.8 Å². The van der Waals surface area contributed by atoms with Crippen molar-refractivity contribution in [3.8, 4) is 0 Å². The Balaban J connectivity index is 0.000000236. The topological polar surface area (TPSA) is 221 Å². The molecule has 0 aromatic heterocycles. The lowest BCUT2D eigenvalue weighted by Crippen LogP contribution is -2.69. The van der Waals surface area contributed by atoms with Gasteiger partial charge in [0.25, 0.3) is 0 Å². The Kier molecular flexibility index (Phi) is 16.2. The van der Waals surface area contributed by atoms with E-state index < -0.39 is 85.7 Å². The zero-order valence-electron chi connectivity index (χ0n) is 36.6. The molecule has 2 aliphatic heterocycles. The van der Waals surface area contributed by atoms with Gasteiger partial charge in [-0.15, -0.1) is 0 Å². The zero-order valence-corrected chi connectivity index (χ0v) is 37.6. The molecule has 0 unspecified atom stereocenters. The number of amides is 2. The maximum absolute atomic E-state index is 13.1. The Morgan fingerprint density at radius 2 is 1.13 bits per heavy atom. The number of rotatable bonds is 16. The lowest BCUT2D eigenvalue weighted by atomic mass is 9.68. The molecule has 4 aliphatic rings. The fourth-order valence-electron chi connectivity index (χ4n) is 9.49. The van der Waals surface area contributed by atoms with Gasteiger partial charge >= 0.3 is 11.9 Å². The molecule has 2 aromatic rings. The van der Waals surface area contributed by atoms with Crippen LogP contribution in [0.3, 0.4) is 0 Å². The van der Waals surface area contributed by atoms with Crippen molar-refractivity contribution in [1.82, 2.24) is 10.6 Å². The molecule has 7 N–H and O–H groups in total. The minimum Gasteiger partial charge on any atom is -0.462 e. The molecule has 0 bridgehead atoms. The summed E-state index contributed by atoms with van der Waals surface area (Å²) in [5.74, 6) is -3.91. The molecule has 62 heavy (non-hydrogen) atoms. The molecular weight excluding hydrogens is 813 g/mol. The molecule has 2 aromatic carbocycles. The third kappa shape index (κ3) is 10.4. The van der Waals surface area contributed by atoms with Gasteiger partial charge in [-0.3, -0.25) is 9.59 Å². The number of nitrogens with one attached hydrogen (secondary N) is 2. The summed E-state index contributed by atoms with van der Waals surface area (Å²) in [5.41, 5.74) is -5.43. The summed E-state index contributed by atoms with van der Waals surface area (Å²) in [6, 6.07) is 17.1. The normalized spacial score (nSPS) is 31.6. The Labute approximate surface area is 365 Å². The largest absolute Gasteiger partial charge is 0.462 e. The molecule has 2 amide bonds. The van der Waals surface area contributed by atoms with Crippen LogP contribution in [-0.4, -0.2) is 119 Å². The Morgan fingerprint density at radius 3 is 1.53 bits per heavy atom. The number of esters is 2. The highest BCUT2D eigenvalue weighted by atomic mass is 28.4. The molecule has 6 rings (SSSR count). The van der Waals surface area contributed by atoms with Gasteiger partial charge in [0.15, 0.2) is 8.32 Å². The van der Waals surface area contributed by atoms with Crippen LogP contribution in [-0.2, 0) is 23.5 Å². The van der Waals surface area contributed by atoms with Crippen LogP contribution in [0.5, 0.6) is 0 Å². The van der Waals surface area contributed by atoms with Gasteiger partial charge in [-0.2, -0.15) is 0 Å².